The van der Waals surface area contributed by atoms with Crippen LogP contribution in [-0.4, -0.2) is 17.2 Å². The van der Waals surface area contributed by atoms with E-state index in [1.165, 1.54) is 0 Å². The fraction of sp³-hybridized carbons (Fsp3) is 0.875. The van der Waals surface area contributed by atoms with Crippen molar-refractivity contribution >= 4 is 5.97 Å². The van der Waals surface area contributed by atoms with Gasteiger partial charge < -0.3 is 15.0 Å². The van der Waals surface area contributed by atoms with Crippen molar-refractivity contribution < 1.29 is 15.0 Å². The van der Waals surface area contributed by atoms with Gasteiger partial charge in [-0.05, 0) is 6.42 Å². The summed E-state index contributed by atoms with van der Waals surface area (Å²) in [5, 5.41) is 19.0. The molecule has 0 spiro atoms. The van der Waals surface area contributed by atoms with Crippen molar-refractivity contribution in [3.05, 3.63) is 0 Å². The number of carbonyl (C=O) groups is 1. The smallest absolute Gasteiger partial charge is 0.0592 e. The van der Waals surface area contributed by atoms with Crippen molar-refractivity contribution in [1.82, 2.24) is 0 Å². The fourth-order valence-electron chi connectivity index (χ4n) is 0.924. The number of aliphatic carboxylic acids is 1. The summed E-state index contributed by atoms with van der Waals surface area (Å²) in [5.74, 6) is -1.17. The largest absolute Gasteiger partial charge is 0.550 e. The van der Waals surface area contributed by atoms with Crippen LogP contribution in [0.2, 0.25) is 0 Å². The molecule has 0 heterocycles. The van der Waals surface area contributed by atoms with E-state index in [-0.39, 0.29) is 6.42 Å². The molecule has 0 aliphatic heterocycles. The zero-order valence-corrected chi connectivity index (χ0v) is 6.88. The van der Waals surface area contributed by atoms with Gasteiger partial charge in [-0.3, -0.25) is 0 Å². The van der Waals surface area contributed by atoms with Crippen LogP contribution < -0.4 is 5.11 Å². The van der Waals surface area contributed by atoms with Gasteiger partial charge >= 0.3 is 0 Å². The topological polar surface area (TPSA) is 60.4 Å². The molecule has 0 unspecified atom stereocenters. The van der Waals surface area contributed by atoms with Crippen molar-refractivity contribution in [2.24, 2.45) is 0 Å². The molecule has 11 heavy (non-hydrogen) atoms. The van der Waals surface area contributed by atoms with Crippen molar-refractivity contribution in [2.45, 2.75) is 45.1 Å². The van der Waals surface area contributed by atoms with Gasteiger partial charge in [0.05, 0.1) is 6.10 Å². The molecule has 0 bridgehead atoms. The first-order valence-corrected chi connectivity index (χ1v) is 4.04. The number of carbonyl (C=O) groups excluding carboxylic acids is 1. The molecule has 0 aromatic heterocycles. The first-order chi connectivity index (χ1) is 5.16. The minimum atomic E-state index is -1.17. The SMILES string of the molecule is CCCCC[C@H](O)CC(=O)[O-]. The average Bonchev–Trinajstić information content (AvgIpc) is 1.86. The lowest BCUT2D eigenvalue weighted by Gasteiger charge is -2.09. The standard InChI is InChI=1S/C8H16O3/c1-2-3-4-5-7(9)6-8(10)11/h7,9H,2-6H2,1H3,(H,10,11)/p-1/t7-/m0/s1. The normalized spacial score (nSPS) is 12.9. The molecule has 3 nitrogen and oxygen atoms in total. The van der Waals surface area contributed by atoms with E-state index in [1.54, 1.807) is 0 Å². The Morgan fingerprint density at radius 2 is 2.18 bits per heavy atom. The van der Waals surface area contributed by atoms with Gasteiger partial charge in [-0.2, -0.15) is 0 Å². The Hall–Kier alpha value is -0.570. The molecule has 0 aromatic carbocycles. The zero-order chi connectivity index (χ0) is 8.69. The Kier molecular flexibility index (Phi) is 5.84. The fourth-order valence-corrected chi connectivity index (χ4v) is 0.924. The highest BCUT2D eigenvalue weighted by Gasteiger charge is 2.02. The van der Waals surface area contributed by atoms with Crippen molar-refractivity contribution in [3.63, 3.8) is 0 Å². The Balaban J connectivity index is 3.22. The van der Waals surface area contributed by atoms with Gasteiger partial charge in [-0.1, -0.05) is 26.2 Å². The van der Waals surface area contributed by atoms with E-state index < -0.39 is 12.1 Å². The van der Waals surface area contributed by atoms with Crippen molar-refractivity contribution in [3.8, 4) is 0 Å². The number of hydrogen-bond acceptors (Lipinski definition) is 3. The van der Waals surface area contributed by atoms with E-state index in [0.29, 0.717) is 6.42 Å². The van der Waals surface area contributed by atoms with E-state index in [9.17, 15) is 9.90 Å². The molecule has 0 aliphatic rings. The second-order valence-corrected chi connectivity index (χ2v) is 2.73. The molecule has 0 aromatic rings. The van der Waals surface area contributed by atoms with Crippen LogP contribution in [0, 0.1) is 0 Å². The quantitative estimate of drug-likeness (QED) is 0.558. The lowest BCUT2D eigenvalue weighted by atomic mass is 10.1. The van der Waals surface area contributed by atoms with Crippen LogP contribution in [-0.2, 0) is 4.79 Å². The van der Waals surface area contributed by atoms with Crippen molar-refractivity contribution in [2.75, 3.05) is 0 Å². The van der Waals surface area contributed by atoms with Crippen LogP contribution >= 0.6 is 0 Å². The summed E-state index contributed by atoms with van der Waals surface area (Å²) in [5.41, 5.74) is 0. The highest BCUT2D eigenvalue weighted by molar-refractivity contribution is 5.64. The van der Waals surface area contributed by atoms with Gasteiger partial charge in [-0.15, -0.1) is 0 Å². The predicted octanol–water partition coefficient (Wildman–Crippen LogP) is 0.0676. The minimum absolute atomic E-state index is 0.232. The number of aliphatic hydroxyl groups excluding tert-OH is 1. The molecular weight excluding hydrogens is 144 g/mol. The van der Waals surface area contributed by atoms with Crippen molar-refractivity contribution in [1.29, 1.82) is 0 Å². The molecule has 0 fully saturated rings. The van der Waals surface area contributed by atoms with Gasteiger partial charge in [0.25, 0.3) is 0 Å². The monoisotopic (exact) mass is 159 g/mol. The summed E-state index contributed by atoms with van der Waals surface area (Å²) in [6, 6.07) is 0. The lowest BCUT2D eigenvalue weighted by molar-refractivity contribution is -0.307. The van der Waals surface area contributed by atoms with E-state index in [0.717, 1.165) is 19.3 Å². The summed E-state index contributed by atoms with van der Waals surface area (Å²) in [4.78, 5) is 9.97. The second-order valence-electron chi connectivity index (χ2n) is 2.73. The van der Waals surface area contributed by atoms with E-state index in [1.807, 2.05) is 0 Å². The average molecular weight is 159 g/mol. The third-order valence-electron chi connectivity index (χ3n) is 1.54. The molecule has 0 aliphatic carbocycles. The molecule has 0 radical (unpaired) electrons. The predicted molar refractivity (Wildman–Crippen MR) is 39.8 cm³/mol. The first-order valence-electron chi connectivity index (χ1n) is 4.04. The van der Waals surface area contributed by atoms with Gasteiger partial charge in [0.2, 0.25) is 0 Å². The Morgan fingerprint density at radius 3 is 2.64 bits per heavy atom. The highest BCUT2D eigenvalue weighted by Crippen LogP contribution is 2.05. The van der Waals surface area contributed by atoms with E-state index in [2.05, 4.69) is 6.92 Å². The Labute approximate surface area is 67.0 Å². The van der Waals surface area contributed by atoms with Crippen LogP contribution in [0.5, 0.6) is 0 Å². The van der Waals surface area contributed by atoms with Crippen LogP contribution in [0.4, 0.5) is 0 Å². The van der Waals surface area contributed by atoms with Gasteiger partial charge in [-0.25, -0.2) is 0 Å². The molecule has 66 valence electrons. The van der Waals surface area contributed by atoms with Gasteiger partial charge in [0, 0.05) is 12.4 Å². The second kappa shape index (κ2) is 6.16. The molecule has 1 atom stereocenters. The zero-order valence-electron chi connectivity index (χ0n) is 6.88. The highest BCUT2D eigenvalue weighted by atomic mass is 16.4. The first kappa shape index (κ1) is 10.4. The molecular formula is C8H15O3-. The molecule has 0 rings (SSSR count). The summed E-state index contributed by atoms with van der Waals surface area (Å²) in [7, 11) is 0. The van der Waals surface area contributed by atoms with Crippen LogP contribution in [0.25, 0.3) is 0 Å². The number of hydrogen-bond donors (Lipinski definition) is 1. The minimum Gasteiger partial charge on any atom is -0.550 e. The summed E-state index contributed by atoms with van der Waals surface area (Å²) >= 11 is 0. The van der Waals surface area contributed by atoms with Gasteiger partial charge in [0.15, 0.2) is 0 Å². The number of rotatable bonds is 6. The molecule has 3 heteroatoms. The lowest BCUT2D eigenvalue weighted by Crippen LogP contribution is -2.27. The number of carboxylic acid groups (broad SMARTS) is 1. The third kappa shape index (κ3) is 7.33. The maximum Gasteiger partial charge on any atom is 0.0592 e. The maximum atomic E-state index is 9.97. The molecule has 1 N–H and O–H groups in total. The Bertz CT molecular complexity index is 112. The summed E-state index contributed by atoms with van der Waals surface area (Å²) in [6.07, 6.45) is 2.64. The van der Waals surface area contributed by atoms with Crippen LogP contribution in [0.1, 0.15) is 39.0 Å². The molecule has 0 saturated carbocycles. The number of unbranched alkanes of at least 4 members (excludes halogenated alkanes) is 2. The van der Waals surface area contributed by atoms with Crippen LogP contribution in [0.15, 0.2) is 0 Å². The van der Waals surface area contributed by atoms with E-state index >= 15 is 0 Å². The Morgan fingerprint density at radius 1 is 1.55 bits per heavy atom. The molecule has 0 amide bonds. The summed E-state index contributed by atoms with van der Waals surface area (Å²) in [6.45, 7) is 2.06. The summed E-state index contributed by atoms with van der Waals surface area (Å²) < 4.78 is 0. The maximum absolute atomic E-state index is 9.97. The number of aliphatic hydroxyl groups is 1. The number of carboxylic acids is 1. The third-order valence-corrected chi connectivity index (χ3v) is 1.54. The molecule has 0 saturated heterocycles. The van der Waals surface area contributed by atoms with E-state index in [4.69, 9.17) is 5.11 Å². The van der Waals surface area contributed by atoms with Crippen LogP contribution in [0.3, 0.4) is 0 Å². The van der Waals surface area contributed by atoms with Gasteiger partial charge in [0.1, 0.15) is 0 Å².